The Morgan fingerprint density at radius 3 is 2.52 bits per heavy atom. The summed E-state index contributed by atoms with van der Waals surface area (Å²) in [5.74, 6) is 0.243. The molecule has 2 aromatic rings. The second-order valence-electron chi connectivity index (χ2n) is 8.22. The Hall–Kier alpha value is -2.61. The van der Waals surface area contributed by atoms with E-state index in [-0.39, 0.29) is 11.9 Å². The van der Waals surface area contributed by atoms with E-state index in [4.69, 9.17) is 5.73 Å². The lowest BCUT2D eigenvalue weighted by atomic mass is 10.0. The van der Waals surface area contributed by atoms with Crippen molar-refractivity contribution in [2.24, 2.45) is 5.73 Å². The molecule has 8 nitrogen and oxygen atoms in total. The number of carbonyl (C=O) groups is 2. The molecule has 156 valence electrons. The third kappa shape index (κ3) is 4.37. The minimum Gasteiger partial charge on any atom is -0.351 e. The van der Waals surface area contributed by atoms with Gasteiger partial charge in [0, 0.05) is 57.1 Å². The van der Waals surface area contributed by atoms with Gasteiger partial charge < -0.3 is 15.5 Å². The summed E-state index contributed by atoms with van der Waals surface area (Å²) < 4.78 is 0. The molecule has 3 N–H and O–H groups in total. The van der Waals surface area contributed by atoms with Crippen molar-refractivity contribution in [1.82, 2.24) is 24.9 Å². The van der Waals surface area contributed by atoms with Gasteiger partial charge in [0.1, 0.15) is 0 Å². The van der Waals surface area contributed by atoms with E-state index in [1.165, 1.54) is 11.1 Å². The number of urea groups is 1. The molecule has 1 aromatic heterocycles. The van der Waals surface area contributed by atoms with Gasteiger partial charge in [0.05, 0.1) is 11.7 Å². The van der Waals surface area contributed by atoms with Crippen molar-refractivity contribution < 1.29 is 9.59 Å². The predicted octanol–water partition coefficient (Wildman–Crippen LogP) is 1.49. The molecule has 0 unspecified atom stereocenters. The highest BCUT2D eigenvalue weighted by Crippen LogP contribution is 2.21. The summed E-state index contributed by atoms with van der Waals surface area (Å²) in [4.78, 5) is 30.1. The van der Waals surface area contributed by atoms with Gasteiger partial charge in [0.15, 0.2) is 0 Å². The van der Waals surface area contributed by atoms with Gasteiger partial charge >= 0.3 is 6.03 Å². The fourth-order valence-electron chi connectivity index (χ4n) is 4.65. The molecule has 2 aliphatic heterocycles. The summed E-state index contributed by atoms with van der Waals surface area (Å²) in [7, 11) is 0. The van der Waals surface area contributed by atoms with Crippen LogP contribution in [0.3, 0.4) is 0 Å². The van der Waals surface area contributed by atoms with Gasteiger partial charge in [-0.3, -0.25) is 14.8 Å². The van der Waals surface area contributed by atoms with Crippen LogP contribution in [-0.4, -0.2) is 82.1 Å². The quantitative estimate of drug-likeness (QED) is 0.815. The third-order valence-electron chi connectivity index (χ3n) is 6.39. The molecule has 2 saturated heterocycles. The van der Waals surface area contributed by atoms with Gasteiger partial charge in [-0.1, -0.05) is 6.07 Å². The molecule has 0 saturated carbocycles. The summed E-state index contributed by atoms with van der Waals surface area (Å²) in [6.07, 6.45) is 5.15. The number of aryl methyl sites for hydroxylation is 2. The summed E-state index contributed by atoms with van der Waals surface area (Å²) >= 11 is 0. The second kappa shape index (κ2) is 8.41. The van der Waals surface area contributed by atoms with Gasteiger partial charge in [-0.05, 0) is 43.4 Å². The fraction of sp³-hybridized carbons (Fsp3) is 0.571. The molecular formula is C21H30N6O2. The highest BCUT2D eigenvalue weighted by molar-refractivity contribution is 5.82. The smallest absolute Gasteiger partial charge is 0.314 e. The number of aromatic nitrogens is 2. The van der Waals surface area contributed by atoms with Crippen molar-refractivity contribution in [1.29, 1.82) is 0 Å². The number of nitrogens with two attached hydrogens (primary N) is 1. The SMILES string of the molecule is Cc1cc(CCC(=O)N2CCC(N3CCN(C(N)=O)CC3)CC2)cc2cn[nH]c12. The molecule has 3 heterocycles. The molecule has 8 heteroatoms. The minimum atomic E-state index is -0.327. The molecule has 0 bridgehead atoms. The Balaban J connectivity index is 1.24. The third-order valence-corrected chi connectivity index (χ3v) is 6.39. The van der Waals surface area contributed by atoms with Crippen LogP contribution in [0.2, 0.25) is 0 Å². The maximum atomic E-state index is 12.7. The van der Waals surface area contributed by atoms with E-state index >= 15 is 0 Å². The Morgan fingerprint density at radius 2 is 1.83 bits per heavy atom. The topological polar surface area (TPSA) is 98.6 Å². The molecule has 2 aliphatic rings. The second-order valence-corrected chi connectivity index (χ2v) is 8.22. The predicted molar refractivity (Wildman–Crippen MR) is 111 cm³/mol. The van der Waals surface area contributed by atoms with Gasteiger partial charge in [-0.25, -0.2) is 4.79 Å². The zero-order chi connectivity index (χ0) is 20.4. The monoisotopic (exact) mass is 398 g/mol. The molecule has 1 aromatic carbocycles. The molecule has 0 spiro atoms. The number of nitrogens with zero attached hydrogens (tertiary/aromatic N) is 4. The Kier molecular flexibility index (Phi) is 5.71. The van der Waals surface area contributed by atoms with Gasteiger partial charge in [0.25, 0.3) is 0 Å². The number of benzene rings is 1. The molecule has 3 amide bonds. The van der Waals surface area contributed by atoms with Crippen molar-refractivity contribution in [2.75, 3.05) is 39.3 Å². The maximum Gasteiger partial charge on any atom is 0.314 e. The number of likely N-dealkylation sites (tertiary alicyclic amines) is 1. The lowest BCUT2D eigenvalue weighted by Gasteiger charge is -2.42. The molecule has 0 aliphatic carbocycles. The first-order valence-corrected chi connectivity index (χ1v) is 10.5. The number of piperidine rings is 1. The number of nitrogens with one attached hydrogen (secondary N) is 1. The van der Waals surface area contributed by atoms with Crippen molar-refractivity contribution in [3.8, 4) is 0 Å². The van der Waals surface area contributed by atoms with Gasteiger partial charge in [-0.2, -0.15) is 5.10 Å². The fourth-order valence-corrected chi connectivity index (χ4v) is 4.65. The van der Waals surface area contributed by atoms with Crippen LogP contribution in [0.1, 0.15) is 30.4 Å². The van der Waals surface area contributed by atoms with Crippen LogP contribution in [0.5, 0.6) is 0 Å². The van der Waals surface area contributed by atoms with Crippen LogP contribution in [0.25, 0.3) is 10.9 Å². The molecule has 4 rings (SSSR count). The zero-order valence-electron chi connectivity index (χ0n) is 17.1. The van der Waals surface area contributed by atoms with Crippen molar-refractivity contribution in [3.63, 3.8) is 0 Å². The number of H-pyrrole nitrogens is 1. The van der Waals surface area contributed by atoms with Crippen LogP contribution in [0, 0.1) is 6.92 Å². The molecule has 0 radical (unpaired) electrons. The number of amides is 3. The number of aromatic amines is 1. The van der Waals surface area contributed by atoms with E-state index in [0.717, 1.165) is 56.3 Å². The summed E-state index contributed by atoms with van der Waals surface area (Å²) in [5.41, 5.74) is 8.78. The largest absolute Gasteiger partial charge is 0.351 e. The summed E-state index contributed by atoms with van der Waals surface area (Å²) in [6.45, 7) is 6.86. The average Bonchev–Trinajstić information content (AvgIpc) is 3.21. The Bertz CT molecular complexity index is 878. The summed E-state index contributed by atoms with van der Waals surface area (Å²) in [5, 5.41) is 8.22. The first-order valence-electron chi connectivity index (χ1n) is 10.5. The summed E-state index contributed by atoms with van der Waals surface area (Å²) in [6, 6.07) is 4.44. The average molecular weight is 399 g/mol. The van der Waals surface area contributed by atoms with Crippen molar-refractivity contribution in [2.45, 2.75) is 38.6 Å². The van der Waals surface area contributed by atoms with Crippen LogP contribution in [0.15, 0.2) is 18.3 Å². The highest BCUT2D eigenvalue weighted by atomic mass is 16.2. The number of piperazine rings is 1. The molecular weight excluding hydrogens is 368 g/mol. The first kappa shape index (κ1) is 19.7. The van der Waals surface area contributed by atoms with Crippen LogP contribution in [-0.2, 0) is 11.2 Å². The van der Waals surface area contributed by atoms with Crippen LogP contribution >= 0.6 is 0 Å². The van der Waals surface area contributed by atoms with E-state index in [0.29, 0.717) is 25.6 Å². The highest BCUT2D eigenvalue weighted by Gasteiger charge is 2.29. The van der Waals surface area contributed by atoms with E-state index < -0.39 is 0 Å². The number of fused-ring (bicyclic) bond motifs is 1. The van der Waals surface area contributed by atoms with E-state index in [9.17, 15) is 9.59 Å². The normalized spacial score (nSPS) is 19.1. The number of primary amides is 1. The van der Waals surface area contributed by atoms with Gasteiger partial charge in [-0.15, -0.1) is 0 Å². The lowest BCUT2D eigenvalue weighted by molar-refractivity contribution is -0.132. The van der Waals surface area contributed by atoms with Crippen molar-refractivity contribution >= 4 is 22.8 Å². The van der Waals surface area contributed by atoms with Crippen LogP contribution in [0.4, 0.5) is 4.79 Å². The number of hydrogen-bond acceptors (Lipinski definition) is 4. The standard InChI is InChI=1S/C21H30N6O2/c1-15-12-16(13-17-14-23-24-20(15)17)2-3-19(28)26-6-4-18(5-7-26)25-8-10-27(11-9-25)21(22)29/h12-14,18H,2-11H2,1H3,(H2,22,29)(H,23,24). The Morgan fingerprint density at radius 1 is 1.10 bits per heavy atom. The maximum absolute atomic E-state index is 12.7. The van der Waals surface area contributed by atoms with E-state index in [1.807, 2.05) is 11.1 Å². The first-order chi connectivity index (χ1) is 14.0. The molecule has 29 heavy (non-hydrogen) atoms. The van der Waals surface area contributed by atoms with Crippen molar-refractivity contribution in [3.05, 3.63) is 29.5 Å². The molecule has 2 fully saturated rings. The lowest BCUT2D eigenvalue weighted by Crippen LogP contribution is -2.55. The van der Waals surface area contributed by atoms with Gasteiger partial charge in [0.2, 0.25) is 5.91 Å². The number of rotatable bonds is 4. The number of hydrogen-bond donors (Lipinski definition) is 2. The van der Waals surface area contributed by atoms with Crippen LogP contribution < -0.4 is 5.73 Å². The molecule has 0 atom stereocenters. The Labute approximate surface area is 171 Å². The zero-order valence-corrected chi connectivity index (χ0v) is 17.1. The van der Waals surface area contributed by atoms with E-state index in [1.54, 1.807) is 4.90 Å². The number of carbonyl (C=O) groups excluding carboxylic acids is 2. The minimum absolute atomic E-state index is 0.243. The van der Waals surface area contributed by atoms with E-state index in [2.05, 4.69) is 34.2 Å².